The Morgan fingerprint density at radius 3 is 2.70 bits per heavy atom. The van der Waals surface area contributed by atoms with Crippen LogP contribution in [0.2, 0.25) is 0 Å². The normalized spacial score (nSPS) is 10.7. The molecule has 0 aliphatic rings. The number of halogens is 1. The molecule has 1 aromatic heterocycles. The van der Waals surface area contributed by atoms with Crippen LogP contribution in [-0.2, 0) is 11.3 Å². The summed E-state index contributed by atoms with van der Waals surface area (Å²) in [5, 5.41) is 3.25. The van der Waals surface area contributed by atoms with Gasteiger partial charge >= 0.3 is 0 Å². The highest BCUT2D eigenvalue weighted by atomic mass is 79.9. The van der Waals surface area contributed by atoms with E-state index < -0.39 is 0 Å². The van der Waals surface area contributed by atoms with Gasteiger partial charge in [-0.15, -0.1) is 0 Å². The van der Waals surface area contributed by atoms with E-state index in [1.165, 1.54) is 10.9 Å². The van der Waals surface area contributed by atoms with Gasteiger partial charge in [0.25, 0.3) is 5.56 Å². The van der Waals surface area contributed by atoms with E-state index in [0.717, 1.165) is 10.0 Å². The lowest BCUT2D eigenvalue weighted by Crippen LogP contribution is -2.27. The summed E-state index contributed by atoms with van der Waals surface area (Å²) >= 11 is 3.34. The first-order valence-electron chi connectivity index (χ1n) is 7.04. The third kappa shape index (κ3) is 3.48. The molecule has 0 spiro atoms. The van der Waals surface area contributed by atoms with Crippen LogP contribution in [0.3, 0.4) is 0 Å². The minimum absolute atomic E-state index is 0.0812. The highest BCUT2D eigenvalue weighted by Crippen LogP contribution is 2.15. The smallest absolute Gasteiger partial charge is 0.261 e. The summed E-state index contributed by atoms with van der Waals surface area (Å²) in [6.07, 6.45) is 1.40. The molecule has 1 amide bonds. The summed E-state index contributed by atoms with van der Waals surface area (Å²) in [6.45, 7) is 1.90. The minimum Gasteiger partial charge on any atom is -0.325 e. The molecule has 0 aliphatic carbocycles. The Balaban J connectivity index is 1.83. The molecular weight excluding hydrogens is 358 g/mol. The molecule has 3 rings (SSSR count). The summed E-state index contributed by atoms with van der Waals surface area (Å²) in [4.78, 5) is 28.8. The molecule has 3 aromatic rings. The van der Waals surface area contributed by atoms with E-state index in [1.54, 1.807) is 12.1 Å². The van der Waals surface area contributed by atoms with E-state index in [-0.39, 0.29) is 18.0 Å². The van der Waals surface area contributed by atoms with Gasteiger partial charge in [-0.25, -0.2) is 4.98 Å². The van der Waals surface area contributed by atoms with Gasteiger partial charge in [-0.1, -0.05) is 33.6 Å². The van der Waals surface area contributed by atoms with Gasteiger partial charge in [-0.2, -0.15) is 0 Å². The number of aryl methyl sites for hydroxylation is 1. The molecular formula is C17H14BrN3O2. The summed E-state index contributed by atoms with van der Waals surface area (Å²) in [6, 6.07) is 12.8. The van der Waals surface area contributed by atoms with Crippen LogP contribution in [0, 0.1) is 6.92 Å². The zero-order chi connectivity index (χ0) is 16.4. The van der Waals surface area contributed by atoms with Crippen molar-refractivity contribution in [3.63, 3.8) is 0 Å². The number of rotatable bonds is 3. The zero-order valence-corrected chi connectivity index (χ0v) is 14.0. The molecule has 0 saturated carbocycles. The number of nitrogens with zero attached hydrogens (tertiary/aromatic N) is 2. The van der Waals surface area contributed by atoms with Crippen LogP contribution in [0.15, 0.2) is 58.1 Å². The molecule has 0 saturated heterocycles. The van der Waals surface area contributed by atoms with Crippen molar-refractivity contribution in [2.24, 2.45) is 0 Å². The van der Waals surface area contributed by atoms with E-state index in [9.17, 15) is 9.59 Å². The molecule has 2 aromatic carbocycles. The van der Waals surface area contributed by atoms with E-state index >= 15 is 0 Å². The Hall–Kier alpha value is -2.47. The number of carbonyl (C=O) groups is 1. The van der Waals surface area contributed by atoms with Gasteiger partial charge in [0.05, 0.1) is 17.2 Å². The average Bonchev–Trinajstić information content (AvgIpc) is 2.53. The Bertz CT molecular complexity index is 933. The molecule has 0 bridgehead atoms. The van der Waals surface area contributed by atoms with Crippen molar-refractivity contribution in [1.82, 2.24) is 9.55 Å². The second-order valence-electron chi connectivity index (χ2n) is 5.25. The fraction of sp³-hybridized carbons (Fsp3) is 0.118. The topological polar surface area (TPSA) is 64.0 Å². The van der Waals surface area contributed by atoms with Gasteiger partial charge in [0.1, 0.15) is 6.54 Å². The SMILES string of the molecule is Cc1ccc(NC(=O)Cn2cnc3ccc(Br)cc3c2=O)cc1. The molecule has 1 N–H and O–H groups in total. The standard InChI is InChI=1S/C17H14BrN3O2/c1-11-2-5-13(6-3-11)20-16(22)9-21-10-19-15-7-4-12(18)8-14(15)17(21)23/h2-8,10H,9H2,1H3,(H,20,22). The lowest BCUT2D eigenvalue weighted by Gasteiger charge is -2.08. The number of hydrogen-bond donors (Lipinski definition) is 1. The highest BCUT2D eigenvalue weighted by molar-refractivity contribution is 9.10. The minimum atomic E-state index is -0.271. The Morgan fingerprint density at radius 2 is 1.96 bits per heavy atom. The van der Waals surface area contributed by atoms with Crippen molar-refractivity contribution >= 4 is 38.4 Å². The van der Waals surface area contributed by atoms with E-state index in [0.29, 0.717) is 16.6 Å². The fourth-order valence-corrected chi connectivity index (χ4v) is 2.60. The number of hydrogen-bond acceptors (Lipinski definition) is 3. The maximum atomic E-state index is 12.4. The first-order valence-corrected chi connectivity index (χ1v) is 7.83. The van der Waals surface area contributed by atoms with Crippen LogP contribution in [0.4, 0.5) is 5.69 Å². The van der Waals surface area contributed by atoms with Crippen LogP contribution in [-0.4, -0.2) is 15.5 Å². The van der Waals surface area contributed by atoms with Crippen LogP contribution in [0.5, 0.6) is 0 Å². The second-order valence-corrected chi connectivity index (χ2v) is 6.17. The van der Waals surface area contributed by atoms with E-state index in [4.69, 9.17) is 0 Å². The largest absolute Gasteiger partial charge is 0.325 e. The molecule has 116 valence electrons. The van der Waals surface area contributed by atoms with Gasteiger partial charge in [-0.05, 0) is 37.3 Å². The molecule has 0 fully saturated rings. The van der Waals surface area contributed by atoms with Crippen molar-refractivity contribution in [2.75, 3.05) is 5.32 Å². The average molecular weight is 372 g/mol. The molecule has 0 aliphatic heterocycles. The monoisotopic (exact) mass is 371 g/mol. The summed E-state index contributed by atoms with van der Waals surface area (Å²) < 4.78 is 2.10. The Labute approximate surface area is 141 Å². The van der Waals surface area contributed by atoms with Crippen molar-refractivity contribution in [1.29, 1.82) is 0 Å². The number of fused-ring (bicyclic) bond motifs is 1. The number of amides is 1. The first kappa shape index (κ1) is 15.4. The van der Waals surface area contributed by atoms with Crippen LogP contribution >= 0.6 is 15.9 Å². The second kappa shape index (κ2) is 6.34. The number of carbonyl (C=O) groups excluding carboxylic acids is 1. The molecule has 1 heterocycles. The summed E-state index contributed by atoms with van der Waals surface area (Å²) in [5.74, 6) is -0.271. The molecule has 0 atom stereocenters. The highest BCUT2D eigenvalue weighted by Gasteiger charge is 2.09. The van der Waals surface area contributed by atoms with Crippen molar-refractivity contribution in [3.8, 4) is 0 Å². The fourth-order valence-electron chi connectivity index (χ4n) is 2.24. The molecule has 23 heavy (non-hydrogen) atoms. The van der Waals surface area contributed by atoms with Crippen LogP contribution in [0.25, 0.3) is 10.9 Å². The third-order valence-corrected chi connectivity index (χ3v) is 3.93. The summed E-state index contributed by atoms with van der Waals surface area (Å²) in [5.41, 5.74) is 2.18. The summed E-state index contributed by atoms with van der Waals surface area (Å²) in [7, 11) is 0. The predicted molar refractivity (Wildman–Crippen MR) is 93.5 cm³/mol. The lowest BCUT2D eigenvalue weighted by atomic mass is 10.2. The lowest BCUT2D eigenvalue weighted by molar-refractivity contribution is -0.116. The first-order chi connectivity index (χ1) is 11.0. The number of benzene rings is 2. The van der Waals surface area contributed by atoms with E-state index in [2.05, 4.69) is 26.2 Å². The van der Waals surface area contributed by atoms with Crippen LogP contribution in [0.1, 0.15) is 5.56 Å². The third-order valence-electron chi connectivity index (χ3n) is 3.44. The maximum Gasteiger partial charge on any atom is 0.261 e. The predicted octanol–water partition coefficient (Wildman–Crippen LogP) is 3.11. The zero-order valence-electron chi connectivity index (χ0n) is 12.4. The molecule has 0 unspecified atom stereocenters. The van der Waals surface area contributed by atoms with Gasteiger partial charge in [0, 0.05) is 10.2 Å². The Kier molecular flexibility index (Phi) is 4.25. The van der Waals surface area contributed by atoms with Gasteiger partial charge in [-0.3, -0.25) is 14.2 Å². The van der Waals surface area contributed by atoms with Gasteiger partial charge < -0.3 is 5.32 Å². The number of anilines is 1. The molecule has 6 heteroatoms. The van der Waals surface area contributed by atoms with E-state index in [1.807, 2.05) is 37.3 Å². The van der Waals surface area contributed by atoms with Crippen molar-refractivity contribution < 1.29 is 4.79 Å². The van der Waals surface area contributed by atoms with Crippen LogP contribution < -0.4 is 10.9 Å². The van der Waals surface area contributed by atoms with Gasteiger partial charge in [0.2, 0.25) is 5.91 Å². The molecule has 5 nitrogen and oxygen atoms in total. The Morgan fingerprint density at radius 1 is 1.22 bits per heavy atom. The van der Waals surface area contributed by atoms with Gasteiger partial charge in [0.15, 0.2) is 0 Å². The van der Waals surface area contributed by atoms with Crippen molar-refractivity contribution in [2.45, 2.75) is 13.5 Å². The number of aromatic nitrogens is 2. The quantitative estimate of drug-likeness (QED) is 0.769. The maximum absolute atomic E-state index is 12.4. The number of nitrogens with one attached hydrogen (secondary N) is 1. The van der Waals surface area contributed by atoms with Crippen molar-refractivity contribution in [3.05, 3.63) is 69.2 Å². The molecule has 0 radical (unpaired) electrons.